The molecule has 0 bridgehead atoms. The third-order valence-corrected chi connectivity index (χ3v) is 3.14. The molecule has 0 aliphatic heterocycles. The summed E-state index contributed by atoms with van der Waals surface area (Å²) in [7, 11) is 1.76. The molecule has 0 spiro atoms. The molecule has 2 aromatic heterocycles. The molecule has 0 saturated heterocycles. The molecule has 1 unspecified atom stereocenters. The molecule has 17 heavy (non-hydrogen) atoms. The first-order valence-electron chi connectivity index (χ1n) is 5.30. The Bertz CT molecular complexity index is 466. The van der Waals surface area contributed by atoms with Crippen LogP contribution in [0.4, 0.5) is 0 Å². The van der Waals surface area contributed by atoms with Crippen molar-refractivity contribution < 1.29 is 5.11 Å². The topological polar surface area (TPSA) is 63.8 Å². The van der Waals surface area contributed by atoms with Gasteiger partial charge in [-0.1, -0.05) is 11.3 Å². The van der Waals surface area contributed by atoms with E-state index in [9.17, 15) is 5.11 Å². The fraction of sp³-hybridized carbons (Fsp3) is 0.364. The van der Waals surface area contributed by atoms with E-state index >= 15 is 0 Å². The smallest absolute Gasteiger partial charge is 0.154 e. The van der Waals surface area contributed by atoms with Gasteiger partial charge in [0.15, 0.2) is 4.60 Å². The zero-order valence-corrected chi connectivity index (χ0v) is 11.0. The quantitative estimate of drug-likeness (QED) is 0.932. The predicted octanol–water partition coefficient (Wildman–Crippen LogP) is 1.64. The monoisotopic (exact) mass is 296 g/mol. The maximum atomic E-state index is 10.1. The second-order valence-corrected chi connectivity index (χ2v) is 4.56. The first kappa shape index (κ1) is 12.2. The normalized spacial score (nSPS) is 12.6. The van der Waals surface area contributed by atoms with E-state index in [1.165, 1.54) is 0 Å². The summed E-state index contributed by atoms with van der Waals surface area (Å²) in [6, 6.07) is 3.89. The van der Waals surface area contributed by atoms with Crippen molar-refractivity contribution in [2.24, 2.45) is 7.05 Å². The molecule has 0 aromatic carbocycles. The summed E-state index contributed by atoms with van der Waals surface area (Å²) >= 11 is 3.28. The summed E-state index contributed by atoms with van der Waals surface area (Å²) in [6.45, 7) is 0. The lowest BCUT2D eigenvalue weighted by molar-refractivity contribution is 0.157. The van der Waals surface area contributed by atoms with E-state index in [1.807, 2.05) is 18.3 Å². The fourth-order valence-electron chi connectivity index (χ4n) is 1.68. The molecular weight excluding hydrogens is 284 g/mol. The van der Waals surface area contributed by atoms with Gasteiger partial charge in [0.05, 0.1) is 6.10 Å². The van der Waals surface area contributed by atoms with Gasteiger partial charge in [-0.3, -0.25) is 4.98 Å². The Morgan fingerprint density at radius 3 is 2.94 bits per heavy atom. The van der Waals surface area contributed by atoms with Crippen molar-refractivity contribution >= 4 is 15.9 Å². The van der Waals surface area contributed by atoms with Crippen LogP contribution in [-0.4, -0.2) is 25.1 Å². The molecule has 0 amide bonds. The van der Waals surface area contributed by atoms with E-state index in [2.05, 4.69) is 31.2 Å². The molecule has 2 rings (SSSR count). The van der Waals surface area contributed by atoms with E-state index in [1.54, 1.807) is 17.9 Å². The van der Waals surface area contributed by atoms with Crippen molar-refractivity contribution in [2.45, 2.75) is 18.9 Å². The molecule has 1 N–H and O–H groups in total. The number of hydrogen-bond donors (Lipinski definition) is 1. The Morgan fingerprint density at radius 1 is 1.53 bits per heavy atom. The third kappa shape index (κ3) is 2.89. The minimum atomic E-state index is -0.579. The van der Waals surface area contributed by atoms with Crippen LogP contribution in [0.2, 0.25) is 0 Å². The number of halogens is 1. The molecule has 0 aliphatic carbocycles. The van der Waals surface area contributed by atoms with Crippen molar-refractivity contribution in [3.05, 3.63) is 40.4 Å². The Hall–Kier alpha value is -1.27. The van der Waals surface area contributed by atoms with Gasteiger partial charge in [0.1, 0.15) is 5.69 Å². The molecule has 6 heteroatoms. The highest BCUT2D eigenvalue weighted by Gasteiger charge is 2.17. The van der Waals surface area contributed by atoms with Gasteiger partial charge in [-0.05, 0) is 40.4 Å². The fourth-order valence-corrected chi connectivity index (χ4v) is 2.27. The van der Waals surface area contributed by atoms with Crippen LogP contribution in [-0.2, 0) is 13.5 Å². The Balaban J connectivity index is 2.01. The van der Waals surface area contributed by atoms with Gasteiger partial charge in [0, 0.05) is 19.4 Å². The summed E-state index contributed by atoms with van der Waals surface area (Å²) < 4.78 is 2.18. The second kappa shape index (κ2) is 5.37. The van der Waals surface area contributed by atoms with Gasteiger partial charge in [0.2, 0.25) is 0 Å². The first-order chi connectivity index (χ1) is 8.18. The SMILES string of the molecule is Cn1nnc(Br)c1C(O)CCc1cccnc1. The number of rotatable bonds is 4. The molecule has 2 aromatic rings. The highest BCUT2D eigenvalue weighted by molar-refractivity contribution is 9.10. The molecule has 5 nitrogen and oxygen atoms in total. The van der Waals surface area contributed by atoms with Gasteiger partial charge in [-0.2, -0.15) is 0 Å². The van der Waals surface area contributed by atoms with Gasteiger partial charge >= 0.3 is 0 Å². The van der Waals surface area contributed by atoms with Crippen LogP contribution in [0.1, 0.15) is 23.8 Å². The zero-order valence-electron chi connectivity index (χ0n) is 9.41. The Morgan fingerprint density at radius 2 is 2.35 bits per heavy atom. The lowest BCUT2D eigenvalue weighted by atomic mass is 10.1. The van der Waals surface area contributed by atoms with Crippen molar-refractivity contribution in [3.8, 4) is 0 Å². The van der Waals surface area contributed by atoms with Gasteiger partial charge in [-0.25, -0.2) is 4.68 Å². The predicted molar refractivity (Wildman–Crippen MR) is 66.2 cm³/mol. The van der Waals surface area contributed by atoms with Crippen molar-refractivity contribution in [1.29, 1.82) is 0 Å². The molecule has 0 aliphatic rings. The molecule has 0 fully saturated rings. The first-order valence-corrected chi connectivity index (χ1v) is 6.10. The van der Waals surface area contributed by atoms with E-state index in [4.69, 9.17) is 0 Å². The van der Waals surface area contributed by atoms with Crippen molar-refractivity contribution in [2.75, 3.05) is 0 Å². The van der Waals surface area contributed by atoms with Crippen LogP contribution >= 0.6 is 15.9 Å². The summed E-state index contributed by atoms with van der Waals surface area (Å²) in [5.74, 6) is 0. The Kier molecular flexibility index (Phi) is 3.86. The number of hydrogen-bond acceptors (Lipinski definition) is 4. The van der Waals surface area contributed by atoms with Crippen LogP contribution in [0.25, 0.3) is 0 Å². The Labute approximate surface area is 108 Å². The van der Waals surface area contributed by atoms with Gasteiger partial charge in [-0.15, -0.1) is 5.10 Å². The molecule has 2 heterocycles. The molecule has 1 atom stereocenters. The summed E-state index contributed by atoms with van der Waals surface area (Å²) in [5.41, 5.74) is 1.81. The highest BCUT2D eigenvalue weighted by Crippen LogP contribution is 2.23. The maximum absolute atomic E-state index is 10.1. The number of aliphatic hydroxyl groups excluding tert-OH is 1. The summed E-state index contributed by atoms with van der Waals surface area (Å²) in [5, 5.41) is 17.8. The number of pyridine rings is 1. The van der Waals surface area contributed by atoms with Gasteiger partial charge < -0.3 is 5.11 Å². The van der Waals surface area contributed by atoms with Crippen LogP contribution in [0.3, 0.4) is 0 Å². The largest absolute Gasteiger partial charge is 0.387 e. The van der Waals surface area contributed by atoms with E-state index in [0.29, 0.717) is 16.7 Å². The third-order valence-electron chi connectivity index (χ3n) is 2.57. The maximum Gasteiger partial charge on any atom is 0.154 e. The van der Waals surface area contributed by atoms with Gasteiger partial charge in [0.25, 0.3) is 0 Å². The number of nitrogens with zero attached hydrogens (tertiary/aromatic N) is 4. The van der Waals surface area contributed by atoms with E-state index in [-0.39, 0.29) is 0 Å². The minimum Gasteiger partial charge on any atom is -0.387 e. The standard InChI is InChI=1S/C11H13BrN4O/c1-16-10(11(12)14-15-16)9(17)5-4-8-3-2-6-13-7-8/h2-3,6-7,9,17H,4-5H2,1H3. The molecule has 0 saturated carbocycles. The van der Waals surface area contributed by atoms with Crippen LogP contribution in [0.5, 0.6) is 0 Å². The molecule has 90 valence electrons. The van der Waals surface area contributed by atoms with E-state index in [0.717, 1.165) is 12.0 Å². The average Bonchev–Trinajstić information content (AvgIpc) is 2.67. The highest BCUT2D eigenvalue weighted by atomic mass is 79.9. The number of aliphatic hydroxyl groups is 1. The van der Waals surface area contributed by atoms with Crippen LogP contribution < -0.4 is 0 Å². The second-order valence-electron chi connectivity index (χ2n) is 3.80. The number of aryl methyl sites for hydroxylation is 2. The summed E-state index contributed by atoms with van der Waals surface area (Å²) in [6.07, 6.45) is 4.35. The molecule has 0 radical (unpaired) electrons. The van der Waals surface area contributed by atoms with E-state index < -0.39 is 6.10 Å². The minimum absolute atomic E-state index is 0.579. The average molecular weight is 297 g/mol. The van der Waals surface area contributed by atoms with Crippen molar-refractivity contribution in [1.82, 2.24) is 20.0 Å². The lowest BCUT2D eigenvalue weighted by Gasteiger charge is -2.10. The number of aromatic nitrogens is 4. The van der Waals surface area contributed by atoms with Crippen LogP contribution in [0, 0.1) is 0 Å². The summed E-state index contributed by atoms with van der Waals surface area (Å²) in [4.78, 5) is 4.04. The zero-order chi connectivity index (χ0) is 12.3. The molecular formula is C11H13BrN4O. The van der Waals surface area contributed by atoms with Crippen molar-refractivity contribution in [3.63, 3.8) is 0 Å². The lowest BCUT2D eigenvalue weighted by Crippen LogP contribution is -2.07. The van der Waals surface area contributed by atoms with Crippen LogP contribution in [0.15, 0.2) is 29.1 Å².